The van der Waals surface area contributed by atoms with E-state index >= 15 is 0 Å². The third-order valence-electron chi connectivity index (χ3n) is 2.27. The van der Waals surface area contributed by atoms with Crippen LogP contribution in [0, 0.1) is 11.3 Å². The summed E-state index contributed by atoms with van der Waals surface area (Å²) in [5.41, 5.74) is 6.43. The zero-order valence-electron chi connectivity index (χ0n) is 9.15. The Hall–Kier alpha value is -1.70. The van der Waals surface area contributed by atoms with Gasteiger partial charge in [-0.3, -0.25) is 0 Å². The van der Waals surface area contributed by atoms with Crippen molar-refractivity contribution in [1.29, 1.82) is 5.26 Å². The standard InChI is InChI=1S/C13H8BrClN2O/c14-9-1-3-11(15)13(6-9)18-10-2-4-12(17)8(5-10)7-16/h1-6H,17H2. The molecule has 0 spiro atoms. The van der Waals surface area contributed by atoms with Crippen LogP contribution in [0.5, 0.6) is 11.5 Å². The number of rotatable bonds is 2. The Morgan fingerprint density at radius 1 is 1.22 bits per heavy atom. The molecular weight excluding hydrogens is 316 g/mol. The zero-order valence-corrected chi connectivity index (χ0v) is 11.5. The van der Waals surface area contributed by atoms with E-state index in [0.717, 1.165) is 4.47 Å². The van der Waals surface area contributed by atoms with Crippen LogP contribution in [0.3, 0.4) is 0 Å². The minimum Gasteiger partial charge on any atom is -0.456 e. The minimum absolute atomic E-state index is 0.374. The van der Waals surface area contributed by atoms with Gasteiger partial charge in [-0.25, -0.2) is 0 Å². The van der Waals surface area contributed by atoms with Gasteiger partial charge < -0.3 is 10.5 Å². The molecule has 0 radical (unpaired) electrons. The van der Waals surface area contributed by atoms with E-state index in [-0.39, 0.29) is 0 Å². The average Bonchev–Trinajstić information content (AvgIpc) is 2.36. The summed E-state index contributed by atoms with van der Waals surface area (Å²) in [5.74, 6) is 1.03. The highest BCUT2D eigenvalue weighted by Gasteiger charge is 2.06. The van der Waals surface area contributed by atoms with Gasteiger partial charge in [-0.05, 0) is 30.3 Å². The Morgan fingerprint density at radius 2 is 2.00 bits per heavy atom. The van der Waals surface area contributed by atoms with Crippen molar-refractivity contribution in [3.63, 3.8) is 0 Å². The lowest BCUT2D eigenvalue weighted by molar-refractivity contribution is 0.482. The molecule has 0 saturated heterocycles. The molecule has 5 heteroatoms. The minimum atomic E-state index is 0.374. The maximum atomic E-state index is 8.89. The molecule has 0 aromatic heterocycles. The molecule has 2 N–H and O–H groups in total. The molecule has 0 fully saturated rings. The average molecular weight is 324 g/mol. The van der Waals surface area contributed by atoms with E-state index in [1.165, 1.54) is 0 Å². The van der Waals surface area contributed by atoms with E-state index in [9.17, 15) is 0 Å². The van der Waals surface area contributed by atoms with Crippen LogP contribution in [0.1, 0.15) is 5.56 Å². The topological polar surface area (TPSA) is 59.0 Å². The van der Waals surface area contributed by atoms with Gasteiger partial charge in [0.25, 0.3) is 0 Å². The fourth-order valence-corrected chi connectivity index (χ4v) is 1.87. The third kappa shape index (κ3) is 2.76. The van der Waals surface area contributed by atoms with E-state index in [1.54, 1.807) is 30.3 Å². The van der Waals surface area contributed by atoms with Gasteiger partial charge in [-0.15, -0.1) is 0 Å². The second-order valence-corrected chi connectivity index (χ2v) is 4.86. The predicted octanol–water partition coefficient (Wildman–Crippen LogP) is 4.35. The summed E-state index contributed by atoms with van der Waals surface area (Å²) >= 11 is 9.35. The molecular formula is C13H8BrClN2O. The number of nitrogens with zero attached hydrogens (tertiary/aromatic N) is 1. The van der Waals surface area contributed by atoms with Crippen molar-refractivity contribution in [2.24, 2.45) is 0 Å². The summed E-state index contributed by atoms with van der Waals surface area (Å²) in [6.07, 6.45) is 0. The number of nitrogen functional groups attached to an aromatic ring is 1. The first kappa shape index (κ1) is 12.7. The molecule has 0 amide bonds. The molecule has 18 heavy (non-hydrogen) atoms. The Kier molecular flexibility index (Phi) is 3.75. The van der Waals surface area contributed by atoms with Crippen molar-refractivity contribution in [2.75, 3.05) is 5.73 Å². The van der Waals surface area contributed by atoms with Crippen molar-refractivity contribution >= 4 is 33.2 Å². The molecule has 2 aromatic rings. The quantitative estimate of drug-likeness (QED) is 0.836. The molecule has 0 saturated carbocycles. The fourth-order valence-electron chi connectivity index (χ4n) is 1.38. The zero-order chi connectivity index (χ0) is 13.1. The molecule has 0 unspecified atom stereocenters. The van der Waals surface area contributed by atoms with Gasteiger partial charge in [0, 0.05) is 16.2 Å². The lowest BCUT2D eigenvalue weighted by Gasteiger charge is -2.09. The Balaban J connectivity index is 2.34. The summed E-state index contributed by atoms with van der Waals surface area (Å²) in [5, 5.41) is 9.38. The fraction of sp³-hybridized carbons (Fsp3) is 0. The van der Waals surface area contributed by atoms with E-state index in [4.69, 9.17) is 27.3 Å². The second kappa shape index (κ2) is 5.30. The molecule has 0 atom stereocenters. The number of benzene rings is 2. The lowest BCUT2D eigenvalue weighted by Crippen LogP contribution is -1.92. The van der Waals surface area contributed by atoms with Crippen LogP contribution in [-0.2, 0) is 0 Å². The Morgan fingerprint density at radius 3 is 2.72 bits per heavy atom. The van der Waals surface area contributed by atoms with Crippen LogP contribution < -0.4 is 10.5 Å². The maximum Gasteiger partial charge on any atom is 0.147 e. The number of ether oxygens (including phenoxy) is 1. The van der Waals surface area contributed by atoms with Crippen molar-refractivity contribution in [2.45, 2.75) is 0 Å². The SMILES string of the molecule is N#Cc1cc(Oc2cc(Br)ccc2Cl)ccc1N. The van der Waals surface area contributed by atoms with E-state index < -0.39 is 0 Å². The molecule has 0 aliphatic heterocycles. The molecule has 2 aromatic carbocycles. The van der Waals surface area contributed by atoms with Gasteiger partial charge in [-0.1, -0.05) is 27.5 Å². The first-order chi connectivity index (χ1) is 8.60. The van der Waals surface area contributed by atoms with Gasteiger partial charge in [-0.2, -0.15) is 5.26 Å². The van der Waals surface area contributed by atoms with Gasteiger partial charge in [0.05, 0.1) is 10.6 Å². The monoisotopic (exact) mass is 322 g/mol. The highest BCUT2D eigenvalue weighted by Crippen LogP contribution is 2.32. The molecule has 3 nitrogen and oxygen atoms in total. The van der Waals surface area contributed by atoms with Crippen molar-refractivity contribution in [3.05, 3.63) is 51.5 Å². The van der Waals surface area contributed by atoms with Crippen molar-refractivity contribution < 1.29 is 4.74 Å². The van der Waals surface area contributed by atoms with Gasteiger partial charge >= 0.3 is 0 Å². The molecule has 0 heterocycles. The van der Waals surface area contributed by atoms with Crippen LogP contribution in [0.15, 0.2) is 40.9 Å². The predicted molar refractivity (Wildman–Crippen MR) is 74.8 cm³/mol. The van der Waals surface area contributed by atoms with Gasteiger partial charge in [0.15, 0.2) is 0 Å². The Labute approximate surface area is 118 Å². The maximum absolute atomic E-state index is 8.89. The second-order valence-electron chi connectivity index (χ2n) is 3.54. The first-order valence-electron chi connectivity index (χ1n) is 5.02. The third-order valence-corrected chi connectivity index (χ3v) is 3.07. The van der Waals surface area contributed by atoms with Crippen molar-refractivity contribution in [1.82, 2.24) is 0 Å². The summed E-state index contributed by atoms with van der Waals surface area (Å²) in [6.45, 7) is 0. The highest BCUT2D eigenvalue weighted by molar-refractivity contribution is 9.10. The van der Waals surface area contributed by atoms with Crippen molar-refractivity contribution in [3.8, 4) is 17.6 Å². The van der Waals surface area contributed by atoms with Gasteiger partial charge in [0.2, 0.25) is 0 Å². The summed E-state index contributed by atoms with van der Waals surface area (Å²) in [4.78, 5) is 0. The molecule has 2 rings (SSSR count). The number of hydrogen-bond acceptors (Lipinski definition) is 3. The van der Waals surface area contributed by atoms with Crippen LogP contribution in [0.2, 0.25) is 5.02 Å². The number of anilines is 1. The normalized spacial score (nSPS) is 9.83. The summed E-state index contributed by atoms with van der Waals surface area (Å²) in [7, 11) is 0. The molecule has 0 aliphatic rings. The largest absolute Gasteiger partial charge is 0.456 e. The molecule has 90 valence electrons. The van der Waals surface area contributed by atoms with E-state index in [0.29, 0.717) is 27.8 Å². The number of halogens is 2. The van der Waals surface area contributed by atoms with E-state index in [2.05, 4.69) is 15.9 Å². The van der Waals surface area contributed by atoms with Crippen LogP contribution in [0.25, 0.3) is 0 Å². The van der Waals surface area contributed by atoms with Crippen LogP contribution in [0.4, 0.5) is 5.69 Å². The number of nitriles is 1. The lowest BCUT2D eigenvalue weighted by atomic mass is 10.2. The number of hydrogen-bond donors (Lipinski definition) is 1. The molecule has 0 bridgehead atoms. The first-order valence-corrected chi connectivity index (χ1v) is 6.20. The smallest absolute Gasteiger partial charge is 0.147 e. The highest BCUT2D eigenvalue weighted by atomic mass is 79.9. The van der Waals surface area contributed by atoms with E-state index in [1.807, 2.05) is 12.1 Å². The van der Waals surface area contributed by atoms with Gasteiger partial charge in [0.1, 0.15) is 17.6 Å². The Bertz CT molecular complexity index is 637. The van der Waals surface area contributed by atoms with Crippen LogP contribution >= 0.6 is 27.5 Å². The summed E-state index contributed by atoms with van der Waals surface area (Å²) in [6, 6.07) is 12.2. The number of nitrogens with two attached hydrogens (primary N) is 1. The van der Waals surface area contributed by atoms with Crippen LogP contribution in [-0.4, -0.2) is 0 Å². The molecule has 0 aliphatic carbocycles. The summed E-state index contributed by atoms with van der Waals surface area (Å²) < 4.78 is 6.48.